The fraction of sp³-hybridized carbons (Fsp3) is 0.286. The predicted octanol–water partition coefficient (Wildman–Crippen LogP) is 2.54. The fourth-order valence-corrected chi connectivity index (χ4v) is 1.12. The van der Waals surface area contributed by atoms with Crippen LogP contribution < -0.4 is 0 Å². The molecule has 0 aliphatic carbocycles. The van der Waals surface area contributed by atoms with Gasteiger partial charge in [0, 0.05) is 5.56 Å². The Hall–Kier alpha value is -1.52. The van der Waals surface area contributed by atoms with Gasteiger partial charge in [-0.25, -0.2) is 0 Å². The van der Waals surface area contributed by atoms with Crippen LogP contribution in [0.25, 0.3) is 0 Å². The van der Waals surface area contributed by atoms with Crippen LogP contribution in [0.4, 0.5) is 0 Å². The van der Waals surface area contributed by atoms with E-state index < -0.39 is 5.60 Å². The van der Waals surface area contributed by atoms with Crippen molar-refractivity contribution in [2.24, 2.45) is 0 Å². The molecule has 0 radical (unpaired) electrons. The zero-order valence-electron chi connectivity index (χ0n) is 9.25. The Labute approximate surface area is 91.5 Å². The highest BCUT2D eigenvalue weighted by molar-refractivity contribution is 5.37. The van der Waals surface area contributed by atoms with Gasteiger partial charge in [0.05, 0.1) is 0 Å². The van der Waals surface area contributed by atoms with Crippen LogP contribution in [0, 0.1) is 11.8 Å². The van der Waals surface area contributed by atoms with Crippen LogP contribution in [0.3, 0.4) is 0 Å². The molecule has 0 spiro atoms. The number of allylic oxidation sites excluding steroid dienone is 1. The zero-order valence-corrected chi connectivity index (χ0v) is 9.25. The Morgan fingerprint density at radius 1 is 1.33 bits per heavy atom. The molecule has 0 bridgehead atoms. The Balaban J connectivity index is 2.79. The molecule has 1 N–H and O–H groups in total. The first kappa shape index (κ1) is 11.6. The van der Waals surface area contributed by atoms with Crippen molar-refractivity contribution in [1.82, 2.24) is 0 Å². The molecule has 1 heteroatoms. The predicted molar refractivity (Wildman–Crippen MR) is 63.5 cm³/mol. The molecule has 1 aromatic rings. The van der Waals surface area contributed by atoms with Crippen LogP contribution in [-0.4, -0.2) is 10.7 Å². The third kappa shape index (κ3) is 4.49. The molecule has 1 aromatic carbocycles. The Kier molecular flexibility index (Phi) is 3.71. The molecule has 15 heavy (non-hydrogen) atoms. The minimum atomic E-state index is -0.931. The molecule has 0 aromatic heterocycles. The highest BCUT2D eigenvalue weighted by atomic mass is 16.3. The summed E-state index contributed by atoms with van der Waals surface area (Å²) in [6, 6.07) is 7.96. The molecule has 78 valence electrons. The van der Waals surface area contributed by atoms with Gasteiger partial charge >= 0.3 is 0 Å². The highest BCUT2D eigenvalue weighted by Gasteiger charge is 2.05. The minimum absolute atomic E-state index is 0.874. The van der Waals surface area contributed by atoms with Gasteiger partial charge in [0.25, 0.3) is 0 Å². The van der Waals surface area contributed by atoms with Crippen molar-refractivity contribution >= 4 is 0 Å². The summed E-state index contributed by atoms with van der Waals surface area (Å²) in [4.78, 5) is 0. The molecular formula is C14H16O. The van der Waals surface area contributed by atoms with Crippen molar-refractivity contribution < 1.29 is 5.11 Å². The van der Waals surface area contributed by atoms with E-state index in [4.69, 9.17) is 0 Å². The average Bonchev–Trinajstić information content (AvgIpc) is 2.16. The summed E-state index contributed by atoms with van der Waals surface area (Å²) in [5.41, 5.74) is 1.21. The van der Waals surface area contributed by atoms with Crippen LogP contribution >= 0.6 is 0 Å². The molecule has 0 aliphatic rings. The topological polar surface area (TPSA) is 20.2 Å². The molecule has 1 nitrogen and oxygen atoms in total. The summed E-state index contributed by atoms with van der Waals surface area (Å²) in [7, 11) is 0. The summed E-state index contributed by atoms with van der Waals surface area (Å²) < 4.78 is 0. The SMILES string of the molecule is C=CCc1ccc(C#CC(C)(C)O)cc1. The van der Waals surface area contributed by atoms with Gasteiger partial charge in [0.15, 0.2) is 0 Å². The first-order chi connectivity index (χ1) is 7.01. The second-order valence-corrected chi connectivity index (χ2v) is 4.00. The van der Waals surface area contributed by atoms with Crippen molar-refractivity contribution in [1.29, 1.82) is 0 Å². The Morgan fingerprint density at radius 2 is 1.93 bits per heavy atom. The lowest BCUT2D eigenvalue weighted by molar-refractivity contribution is 0.143. The van der Waals surface area contributed by atoms with E-state index in [0.29, 0.717) is 0 Å². The lowest BCUT2D eigenvalue weighted by Gasteiger charge is -2.05. The van der Waals surface area contributed by atoms with Gasteiger partial charge in [-0.3, -0.25) is 0 Å². The molecule has 0 saturated heterocycles. The third-order valence-corrected chi connectivity index (χ3v) is 1.85. The average molecular weight is 200 g/mol. The van der Waals surface area contributed by atoms with E-state index in [0.717, 1.165) is 12.0 Å². The van der Waals surface area contributed by atoms with Crippen molar-refractivity contribution in [3.63, 3.8) is 0 Å². The summed E-state index contributed by atoms with van der Waals surface area (Å²) in [5, 5.41) is 9.43. The van der Waals surface area contributed by atoms with Crippen LogP contribution in [0.5, 0.6) is 0 Å². The van der Waals surface area contributed by atoms with Crippen LogP contribution in [-0.2, 0) is 6.42 Å². The molecule has 0 atom stereocenters. The second-order valence-electron chi connectivity index (χ2n) is 4.00. The van der Waals surface area contributed by atoms with Crippen molar-refractivity contribution in [2.45, 2.75) is 25.9 Å². The summed E-state index contributed by atoms with van der Waals surface area (Å²) in [5.74, 6) is 5.70. The van der Waals surface area contributed by atoms with Gasteiger partial charge in [-0.1, -0.05) is 30.0 Å². The zero-order chi connectivity index (χ0) is 11.3. The minimum Gasteiger partial charge on any atom is -0.378 e. The van der Waals surface area contributed by atoms with Crippen molar-refractivity contribution in [3.8, 4) is 11.8 Å². The first-order valence-corrected chi connectivity index (χ1v) is 4.97. The van der Waals surface area contributed by atoms with E-state index >= 15 is 0 Å². The molecule has 1 rings (SSSR count). The fourth-order valence-electron chi connectivity index (χ4n) is 1.12. The lowest BCUT2D eigenvalue weighted by Crippen LogP contribution is -2.14. The summed E-state index contributed by atoms with van der Waals surface area (Å²) in [6.07, 6.45) is 2.75. The van der Waals surface area contributed by atoms with E-state index in [1.807, 2.05) is 30.3 Å². The smallest absolute Gasteiger partial charge is 0.120 e. The molecular weight excluding hydrogens is 184 g/mol. The van der Waals surface area contributed by atoms with E-state index in [-0.39, 0.29) is 0 Å². The third-order valence-electron chi connectivity index (χ3n) is 1.85. The number of hydrogen-bond donors (Lipinski definition) is 1. The summed E-state index contributed by atoms with van der Waals surface area (Å²) >= 11 is 0. The number of rotatable bonds is 2. The molecule has 0 saturated carbocycles. The van der Waals surface area contributed by atoms with E-state index in [9.17, 15) is 5.11 Å². The van der Waals surface area contributed by atoms with Gasteiger partial charge in [0.2, 0.25) is 0 Å². The molecule has 0 amide bonds. The molecule has 0 unspecified atom stereocenters. The van der Waals surface area contributed by atoms with Gasteiger partial charge < -0.3 is 5.11 Å². The van der Waals surface area contributed by atoms with E-state index in [1.54, 1.807) is 13.8 Å². The molecule has 0 aliphatic heterocycles. The highest BCUT2D eigenvalue weighted by Crippen LogP contribution is 2.05. The van der Waals surface area contributed by atoms with E-state index in [2.05, 4.69) is 18.4 Å². The summed E-state index contributed by atoms with van der Waals surface area (Å²) in [6.45, 7) is 7.03. The number of hydrogen-bond acceptors (Lipinski definition) is 1. The van der Waals surface area contributed by atoms with Gasteiger partial charge in [-0.2, -0.15) is 0 Å². The van der Waals surface area contributed by atoms with Gasteiger partial charge in [-0.15, -0.1) is 6.58 Å². The van der Waals surface area contributed by atoms with Crippen LogP contribution in [0.1, 0.15) is 25.0 Å². The maximum Gasteiger partial charge on any atom is 0.120 e. The van der Waals surface area contributed by atoms with Gasteiger partial charge in [0.1, 0.15) is 5.60 Å². The van der Waals surface area contributed by atoms with Crippen LogP contribution in [0.15, 0.2) is 36.9 Å². The quantitative estimate of drug-likeness (QED) is 0.574. The molecule has 0 fully saturated rings. The van der Waals surface area contributed by atoms with Gasteiger partial charge in [-0.05, 0) is 38.0 Å². The second kappa shape index (κ2) is 4.82. The van der Waals surface area contributed by atoms with Crippen molar-refractivity contribution in [3.05, 3.63) is 48.0 Å². The normalized spacial score (nSPS) is 10.3. The number of aliphatic hydroxyl groups is 1. The maximum atomic E-state index is 9.43. The Morgan fingerprint density at radius 3 is 2.40 bits per heavy atom. The van der Waals surface area contributed by atoms with Crippen molar-refractivity contribution in [2.75, 3.05) is 0 Å². The number of benzene rings is 1. The standard InChI is InChI=1S/C14H16O/c1-4-5-12-6-8-13(9-7-12)10-11-14(2,3)15/h4,6-9,15H,1,5H2,2-3H3. The first-order valence-electron chi connectivity index (χ1n) is 4.97. The lowest BCUT2D eigenvalue weighted by atomic mass is 10.1. The van der Waals surface area contributed by atoms with E-state index in [1.165, 1.54) is 5.56 Å². The monoisotopic (exact) mass is 200 g/mol. The maximum absolute atomic E-state index is 9.43. The van der Waals surface area contributed by atoms with Crippen LogP contribution in [0.2, 0.25) is 0 Å². The Bertz CT molecular complexity index is 382. The molecule has 0 heterocycles. The largest absolute Gasteiger partial charge is 0.378 e.